The molecule has 1 atom stereocenters. The second kappa shape index (κ2) is 13.5. The van der Waals surface area contributed by atoms with Crippen LogP contribution in [0.5, 0.6) is 16.6 Å². The van der Waals surface area contributed by atoms with Crippen LogP contribution in [0.4, 0.5) is 13.9 Å². The minimum absolute atomic E-state index is 0.00625. The number of benzene rings is 3. The Kier molecular flexibility index (Phi) is 9.49. The first-order chi connectivity index (χ1) is 21.1. The number of methoxy groups -OCH3 is 1. The van der Waals surface area contributed by atoms with Crippen molar-refractivity contribution in [1.82, 2.24) is 9.29 Å². The van der Waals surface area contributed by atoms with Gasteiger partial charge < -0.3 is 18.9 Å². The molecule has 5 rings (SSSR count). The highest BCUT2D eigenvalue weighted by molar-refractivity contribution is 7.89. The van der Waals surface area contributed by atoms with Gasteiger partial charge in [0.2, 0.25) is 21.2 Å². The highest BCUT2D eigenvalue weighted by atomic mass is 32.2. The van der Waals surface area contributed by atoms with Gasteiger partial charge in [-0.1, -0.05) is 29.5 Å². The Balaban J connectivity index is 1.36. The number of carbonyl (C=O) groups excluding carboxylic acids is 2. The van der Waals surface area contributed by atoms with Crippen LogP contribution in [0.1, 0.15) is 22.0 Å². The summed E-state index contributed by atoms with van der Waals surface area (Å²) in [6.07, 6.45) is -0.133. The maximum Gasteiger partial charge on any atom is 0.337 e. The number of halogens is 2. The molecular formula is C29H25F2N3O8S2. The van der Waals surface area contributed by atoms with E-state index >= 15 is 0 Å². The first kappa shape index (κ1) is 31.0. The number of thiazole rings is 1. The molecule has 0 radical (unpaired) electrons. The maximum absolute atomic E-state index is 14.5. The summed E-state index contributed by atoms with van der Waals surface area (Å²) in [5.41, 5.74) is 0.472. The molecule has 0 saturated carbocycles. The number of nitrogens with zero attached hydrogens (tertiary/aromatic N) is 2. The van der Waals surface area contributed by atoms with E-state index in [0.717, 1.165) is 23.5 Å². The van der Waals surface area contributed by atoms with Crippen molar-refractivity contribution in [3.63, 3.8) is 0 Å². The number of amides is 1. The van der Waals surface area contributed by atoms with Crippen molar-refractivity contribution in [3.8, 4) is 16.6 Å². The van der Waals surface area contributed by atoms with Gasteiger partial charge in [-0.05, 0) is 42.5 Å². The first-order valence-corrected chi connectivity index (χ1v) is 15.3. The lowest BCUT2D eigenvalue weighted by Crippen LogP contribution is -2.40. The number of morpholine rings is 1. The van der Waals surface area contributed by atoms with Gasteiger partial charge in [0.25, 0.3) is 5.91 Å². The van der Waals surface area contributed by atoms with Gasteiger partial charge in [-0.2, -0.15) is 4.31 Å². The zero-order valence-corrected chi connectivity index (χ0v) is 24.7. The van der Waals surface area contributed by atoms with Gasteiger partial charge in [0, 0.05) is 24.7 Å². The quantitative estimate of drug-likeness (QED) is 0.242. The van der Waals surface area contributed by atoms with Crippen molar-refractivity contribution in [2.75, 3.05) is 38.7 Å². The van der Waals surface area contributed by atoms with E-state index in [1.54, 1.807) is 18.2 Å². The second-order valence-electron chi connectivity index (χ2n) is 9.25. The fraction of sp³-hybridized carbons (Fsp3) is 0.207. The summed E-state index contributed by atoms with van der Waals surface area (Å²) in [4.78, 5) is 29.4. The number of nitrogens with one attached hydrogen (secondary N) is 1. The molecular weight excluding hydrogens is 620 g/mol. The standard InChI is InChI=1S/C29H25F2N3O8S2/c1-39-28(36)19-3-2-4-21(15-19)41-25-17-32-29(43-25)33-27(35)26(42-24-10-7-20(30)16-23(24)31)18-5-8-22(9-6-18)44(37,38)34-11-13-40-14-12-34/h2-10,15-17,26H,11-14H2,1H3,(H,32,33,35). The highest BCUT2D eigenvalue weighted by Gasteiger charge is 2.29. The molecule has 1 aliphatic rings. The normalized spacial score (nSPS) is 14.4. The Morgan fingerprint density at radius 2 is 1.80 bits per heavy atom. The number of hydrogen-bond donors (Lipinski definition) is 1. The second-order valence-corrected chi connectivity index (χ2v) is 12.2. The molecule has 11 nitrogen and oxygen atoms in total. The van der Waals surface area contributed by atoms with E-state index in [-0.39, 0.29) is 52.5 Å². The van der Waals surface area contributed by atoms with Crippen LogP contribution in [-0.2, 0) is 24.3 Å². The Bertz CT molecular complexity index is 1760. The molecule has 1 N–H and O–H groups in total. The van der Waals surface area contributed by atoms with Crippen molar-refractivity contribution in [1.29, 1.82) is 0 Å². The van der Waals surface area contributed by atoms with Crippen molar-refractivity contribution < 1.29 is 45.7 Å². The lowest BCUT2D eigenvalue weighted by atomic mass is 10.1. The number of sulfonamides is 1. The molecule has 230 valence electrons. The van der Waals surface area contributed by atoms with Gasteiger partial charge in [-0.3, -0.25) is 10.1 Å². The molecule has 1 fully saturated rings. The van der Waals surface area contributed by atoms with Crippen LogP contribution in [-0.4, -0.2) is 63.0 Å². The fourth-order valence-corrected chi connectivity index (χ4v) is 6.28. The predicted molar refractivity (Wildman–Crippen MR) is 154 cm³/mol. The third kappa shape index (κ3) is 7.19. The molecule has 1 saturated heterocycles. The van der Waals surface area contributed by atoms with Crippen molar-refractivity contribution in [2.45, 2.75) is 11.0 Å². The molecule has 0 spiro atoms. The molecule has 44 heavy (non-hydrogen) atoms. The average Bonchev–Trinajstić information content (AvgIpc) is 3.47. The van der Waals surface area contributed by atoms with E-state index in [0.29, 0.717) is 11.8 Å². The van der Waals surface area contributed by atoms with Crippen LogP contribution < -0.4 is 14.8 Å². The number of aromatic nitrogens is 1. The molecule has 3 aromatic carbocycles. The molecule has 4 aromatic rings. The molecule has 1 aliphatic heterocycles. The van der Waals surface area contributed by atoms with Crippen molar-refractivity contribution >= 4 is 38.4 Å². The van der Waals surface area contributed by atoms with Gasteiger partial charge in [0.15, 0.2) is 16.7 Å². The number of rotatable bonds is 10. The minimum atomic E-state index is -3.81. The van der Waals surface area contributed by atoms with Crippen LogP contribution in [0.15, 0.2) is 77.8 Å². The monoisotopic (exact) mass is 645 g/mol. The Morgan fingerprint density at radius 3 is 2.50 bits per heavy atom. The first-order valence-electron chi connectivity index (χ1n) is 13.1. The lowest BCUT2D eigenvalue weighted by molar-refractivity contribution is -0.123. The van der Waals surface area contributed by atoms with Crippen LogP contribution >= 0.6 is 11.3 Å². The summed E-state index contributed by atoms with van der Waals surface area (Å²) in [6, 6.07) is 14.3. The predicted octanol–water partition coefficient (Wildman–Crippen LogP) is 4.78. The number of hydrogen-bond acceptors (Lipinski definition) is 10. The summed E-state index contributed by atoms with van der Waals surface area (Å²) in [5.74, 6) is -3.25. The smallest absolute Gasteiger partial charge is 0.337 e. The van der Waals surface area contributed by atoms with Crippen LogP contribution in [0.25, 0.3) is 0 Å². The summed E-state index contributed by atoms with van der Waals surface area (Å²) >= 11 is 0.966. The lowest BCUT2D eigenvalue weighted by Gasteiger charge is -2.26. The van der Waals surface area contributed by atoms with Crippen LogP contribution in [0.3, 0.4) is 0 Å². The summed E-state index contributed by atoms with van der Waals surface area (Å²) < 4.78 is 76.8. The fourth-order valence-electron chi connectivity index (χ4n) is 4.18. The zero-order valence-electron chi connectivity index (χ0n) is 23.1. The van der Waals surface area contributed by atoms with Gasteiger partial charge in [-0.25, -0.2) is 27.0 Å². The largest absolute Gasteiger partial charge is 0.473 e. The Hall–Kier alpha value is -4.44. The zero-order chi connectivity index (χ0) is 31.3. The van der Waals surface area contributed by atoms with Crippen molar-refractivity contribution in [3.05, 3.63) is 95.7 Å². The third-order valence-corrected chi connectivity index (χ3v) is 9.06. The van der Waals surface area contributed by atoms with Crippen molar-refractivity contribution in [2.24, 2.45) is 0 Å². The van der Waals surface area contributed by atoms with E-state index in [9.17, 15) is 26.8 Å². The molecule has 2 heterocycles. The van der Waals surface area contributed by atoms with Gasteiger partial charge >= 0.3 is 5.97 Å². The maximum atomic E-state index is 14.5. The van der Waals surface area contributed by atoms with Gasteiger partial charge in [-0.15, -0.1) is 0 Å². The molecule has 0 aliphatic carbocycles. The van der Waals surface area contributed by atoms with E-state index in [2.05, 4.69) is 10.3 Å². The minimum Gasteiger partial charge on any atom is -0.473 e. The molecule has 15 heteroatoms. The molecule has 1 amide bonds. The molecule has 1 aromatic heterocycles. The number of anilines is 1. The van der Waals surface area contributed by atoms with E-state index in [1.807, 2.05) is 0 Å². The Morgan fingerprint density at radius 1 is 1.05 bits per heavy atom. The number of esters is 1. The van der Waals surface area contributed by atoms with Gasteiger partial charge in [0.1, 0.15) is 11.6 Å². The SMILES string of the molecule is COC(=O)c1cccc(Oc2cnc(NC(=O)C(Oc3ccc(F)cc3F)c3ccc(S(=O)(=O)N4CCOCC4)cc3)s2)c1. The summed E-state index contributed by atoms with van der Waals surface area (Å²) in [7, 11) is -2.55. The summed E-state index contributed by atoms with van der Waals surface area (Å²) in [6.45, 7) is 0.969. The van der Waals surface area contributed by atoms with Gasteiger partial charge in [0.05, 0.1) is 37.0 Å². The highest BCUT2D eigenvalue weighted by Crippen LogP contribution is 2.33. The van der Waals surface area contributed by atoms with E-state index < -0.39 is 45.4 Å². The number of carbonyl (C=O) groups is 2. The average molecular weight is 646 g/mol. The topological polar surface area (TPSA) is 133 Å². The molecule has 1 unspecified atom stereocenters. The van der Waals surface area contributed by atoms with E-state index in [4.69, 9.17) is 18.9 Å². The number of ether oxygens (including phenoxy) is 4. The van der Waals surface area contributed by atoms with Crippen LogP contribution in [0, 0.1) is 11.6 Å². The van der Waals surface area contributed by atoms with E-state index in [1.165, 1.54) is 47.9 Å². The molecule has 0 bridgehead atoms. The summed E-state index contributed by atoms with van der Waals surface area (Å²) in [5, 5.41) is 2.97. The third-order valence-electron chi connectivity index (χ3n) is 6.36. The van der Waals surface area contributed by atoms with Crippen LogP contribution in [0.2, 0.25) is 0 Å². The Labute approximate surface area is 255 Å².